The highest BCUT2D eigenvalue weighted by atomic mass is 16.6. The molecular weight excluding hydrogens is 244 g/mol. The molecule has 19 heavy (non-hydrogen) atoms. The van der Waals surface area contributed by atoms with E-state index in [2.05, 4.69) is 10.1 Å². The van der Waals surface area contributed by atoms with Crippen LogP contribution in [0.3, 0.4) is 0 Å². The number of hydrazone groups is 1. The number of nitro groups is 1. The van der Waals surface area contributed by atoms with E-state index in [9.17, 15) is 10.1 Å². The number of non-ortho nitro benzene ring substituents is 1. The van der Waals surface area contributed by atoms with Crippen LogP contribution >= 0.6 is 0 Å². The van der Waals surface area contributed by atoms with Gasteiger partial charge in [0.25, 0.3) is 5.69 Å². The van der Waals surface area contributed by atoms with E-state index in [1.807, 2.05) is 18.2 Å². The zero-order valence-electron chi connectivity index (χ0n) is 10.3. The van der Waals surface area contributed by atoms with Gasteiger partial charge in [0.05, 0.1) is 11.1 Å². The first-order valence-corrected chi connectivity index (χ1v) is 5.60. The number of benzene rings is 1. The lowest BCUT2D eigenvalue weighted by Gasteiger charge is -2.10. The fourth-order valence-corrected chi connectivity index (χ4v) is 1.44. The van der Waals surface area contributed by atoms with Gasteiger partial charge in [0.2, 0.25) is 0 Å². The van der Waals surface area contributed by atoms with Crippen LogP contribution in [-0.2, 0) is 0 Å². The van der Waals surface area contributed by atoms with Crippen LogP contribution in [0.1, 0.15) is 5.56 Å². The van der Waals surface area contributed by atoms with E-state index in [-0.39, 0.29) is 5.69 Å². The molecule has 0 saturated heterocycles. The average Bonchev–Trinajstić information content (AvgIpc) is 2.46. The predicted molar refractivity (Wildman–Crippen MR) is 73.3 cm³/mol. The Bertz CT molecular complexity index is 581. The number of nitro benzene ring substituents is 1. The van der Waals surface area contributed by atoms with Crippen LogP contribution in [0.15, 0.2) is 53.8 Å². The highest BCUT2D eigenvalue weighted by molar-refractivity contribution is 5.80. The third kappa shape index (κ3) is 3.35. The van der Waals surface area contributed by atoms with E-state index in [4.69, 9.17) is 0 Å². The smallest absolute Gasteiger partial charge is 0.258 e. The Morgan fingerprint density at radius 2 is 2.00 bits per heavy atom. The minimum atomic E-state index is -0.430. The van der Waals surface area contributed by atoms with Gasteiger partial charge in [-0.3, -0.25) is 15.1 Å². The molecule has 1 aromatic heterocycles. The van der Waals surface area contributed by atoms with Gasteiger partial charge in [-0.25, -0.2) is 4.98 Å². The zero-order valence-corrected chi connectivity index (χ0v) is 10.3. The van der Waals surface area contributed by atoms with Crippen LogP contribution in [0.25, 0.3) is 0 Å². The number of rotatable bonds is 4. The van der Waals surface area contributed by atoms with Gasteiger partial charge in [-0.2, -0.15) is 5.10 Å². The van der Waals surface area contributed by atoms with Gasteiger partial charge in [0, 0.05) is 25.4 Å². The third-order valence-corrected chi connectivity index (χ3v) is 2.46. The van der Waals surface area contributed by atoms with Crippen LogP contribution < -0.4 is 5.01 Å². The number of hydrogen-bond acceptors (Lipinski definition) is 5. The quantitative estimate of drug-likeness (QED) is 0.478. The lowest BCUT2D eigenvalue weighted by molar-refractivity contribution is -0.384. The van der Waals surface area contributed by atoms with Gasteiger partial charge in [-0.05, 0) is 29.8 Å². The predicted octanol–water partition coefficient (Wildman–Crippen LogP) is 2.46. The Hall–Kier alpha value is -2.76. The van der Waals surface area contributed by atoms with Crippen molar-refractivity contribution in [3.63, 3.8) is 0 Å². The summed E-state index contributed by atoms with van der Waals surface area (Å²) in [6.45, 7) is 0. The molecule has 0 aliphatic rings. The van der Waals surface area contributed by atoms with Crippen LogP contribution in [0.4, 0.5) is 11.5 Å². The maximum atomic E-state index is 10.5. The Morgan fingerprint density at radius 1 is 1.26 bits per heavy atom. The second-order valence-corrected chi connectivity index (χ2v) is 3.80. The van der Waals surface area contributed by atoms with Crippen LogP contribution in [0.2, 0.25) is 0 Å². The van der Waals surface area contributed by atoms with Crippen molar-refractivity contribution < 1.29 is 4.92 Å². The average molecular weight is 256 g/mol. The summed E-state index contributed by atoms with van der Waals surface area (Å²) >= 11 is 0. The molecule has 0 bridgehead atoms. The first-order valence-electron chi connectivity index (χ1n) is 5.60. The number of hydrogen-bond donors (Lipinski definition) is 0. The Balaban J connectivity index is 2.08. The van der Waals surface area contributed by atoms with Crippen molar-refractivity contribution in [3.8, 4) is 0 Å². The molecular formula is C13H12N4O2. The summed E-state index contributed by atoms with van der Waals surface area (Å²) in [5, 5.41) is 16.4. The minimum absolute atomic E-state index is 0.0650. The largest absolute Gasteiger partial charge is 0.269 e. The van der Waals surface area contributed by atoms with Crippen LogP contribution in [0.5, 0.6) is 0 Å². The molecule has 0 amide bonds. The molecule has 1 heterocycles. The summed E-state index contributed by atoms with van der Waals surface area (Å²) in [5.74, 6) is 0.723. The Morgan fingerprint density at radius 3 is 2.58 bits per heavy atom. The molecule has 6 nitrogen and oxygen atoms in total. The van der Waals surface area contributed by atoms with E-state index in [1.54, 1.807) is 36.6 Å². The van der Waals surface area contributed by atoms with Crippen molar-refractivity contribution in [1.82, 2.24) is 4.98 Å². The van der Waals surface area contributed by atoms with Crippen LogP contribution in [-0.4, -0.2) is 23.2 Å². The second-order valence-electron chi connectivity index (χ2n) is 3.80. The van der Waals surface area contributed by atoms with Crippen molar-refractivity contribution in [3.05, 3.63) is 64.3 Å². The molecule has 0 fully saturated rings. The summed E-state index contributed by atoms with van der Waals surface area (Å²) in [6, 6.07) is 11.7. The van der Waals surface area contributed by atoms with Crippen molar-refractivity contribution >= 4 is 17.7 Å². The molecule has 0 spiro atoms. The molecule has 0 N–H and O–H groups in total. The summed E-state index contributed by atoms with van der Waals surface area (Å²) in [6.07, 6.45) is 3.31. The van der Waals surface area contributed by atoms with Crippen molar-refractivity contribution in [1.29, 1.82) is 0 Å². The summed E-state index contributed by atoms with van der Waals surface area (Å²) < 4.78 is 0. The third-order valence-electron chi connectivity index (χ3n) is 2.46. The van der Waals surface area contributed by atoms with Crippen molar-refractivity contribution in [2.75, 3.05) is 12.1 Å². The van der Waals surface area contributed by atoms with Crippen molar-refractivity contribution in [2.45, 2.75) is 0 Å². The molecule has 2 aromatic rings. The zero-order chi connectivity index (χ0) is 13.7. The number of anilines is 1. The lowest BCUT2D eigenvalue weighted by Crippen LogP contribution is -2.10. The molecule has 6 heteroatoms. The van der Waals surface area contributed by atoms with Crippen LogP contribution in [0, 0.1) is 10.1 Å². The second kappa shape index (κ2) is 5.72. The number of aromatic nitrogens is 1. The number of pyridine rings is 1. The Labute approximate surface area is 110 Å². The fraction of sp³-hybridized carbons (Fsp3) is 0.0769. The molecule has 0 aliphatic heterocycles. The highest BCUT2D eigenvalue weighted by Crippen LogP contribution is 2.11. The van der Waals surface area contributed by atoms with Gasteiger partial charge < -0.3 is 0 Å². The molecule has 0 atom stereocenters. The van der Waals surface area contributed by atoms with Gasteiger partial charge >= 0.3 is 0 Å². The monoisotopic (exact) mass is 256 g/mol. The van der Waals surface area contributed by atoms with E-state index < -0.39 is 4.92 Å². The summed E-state index contributed by atoms with van der Waals surface area (Å²) in [5.41, 5.74) is 0.851. The molecule has 96 valence electrons. The first-order chi connectivity index (χ1) is 9.16. The van der Waals surface area contributed by atoms with E-state index in [0.717, 1.165) is 11.4 Å². The number of nitrogens with zero attached hydrogens (tertiary/aromatic N) is 4. The molecule has 0 unspecified atom stereocenters. The van der Waals surface area contributed by atoms with E-state index >= 15 is 0 Å². The highest BCUT2D eigenvalue weighted by Gasteiger charge is 2.03. The molecule has 0 aliphatic carbocycles. The SMILES string of the molecule is CN(/N=C/c1ccc([N+](=O)[O-])cc1)c1ccccn1. The first kappa shape index (κ1) is 12.7. The molecule has 0 radical (unpaired) electrons. The topological polar surface area (TPSA) is 71.6 Å². The standard InChI is InChI=1S/C13H12N4O2/c1-16(13-4-2-3-9-14-13)15-10-11-5-7-12(8-6-11)17(18)19/h2-10H,1H3/b15-10+. The molecule has 2 rings (SSSR count). The normalized spacial score (nSPS) is 10.6. The van der Waals surface area contributed by atoms with E-state index in [1.165, 1.54) is 12.1 Å². The van der Waals surface area contributed by atoms with Crippen molar-refractivity contribution in [2.24, 2.45) is 5.10 Å². The maximum absolute atomic E-state index is 10.5. The Kier molecular flexibility index (Phi) is 3.82. The summed E-state index contributed by atoms with van der Waals surface area (Å²) in [4.78, 5) is 14.2. The van der Waals surface area contributed by atoms with Gasteiger partial charge in [0.15, 0.2) is 0 Å². The lowest BCUT2D eigenvalue weighted by atomic mass is 10.2. The van der Waals surface area contributed by atoms with Gasteiger partial charge in [0.1, 0.15) is 5.82 Å². The molecule has 1 aromatic carbocycles. The minimum Gasteiger partial charge on any atom is -0.258 e. The van der Waals surface area contributed by atoms with E-state index in [0.29, 0.717) is 0 Å². The fourth-order valence-electron chi connectivity index (χ4n) is 1.44. The maximum Gasteiger partial charge on any atom is 0.269 e. The van der Waals surface area contributed by atoms with Gasteiger partial charge in [-0.15, -0.1) is 0 Å². The molecule has 0 saturated carbocycles. The van der Waals surface area contributed by atoms with Gasteiger partial charge in [-0.1, -0.05) is 6.07 Å². The summed E-state index contributed by atoms with van der Waals surface area (Å²) in [7, 11) is 1.78.